The largest absolute Gasteiger partial charge is 0.385 e. The monoisotopic (exact) mass is 700 g/mol. The van der Waals surface area contributed by atoms with Crippen molar-refractivity contribution in [3.8, 4) is 0 Å². The van der Waals surface area contributed by atoms with Crippen LogP contribution in [0.25, 0.3) is 0 Å². The maximum Gasteiger partial charge on any atom is 0.237 e. The SMILES string of the molecule is C=C(C(CC(=O)NCCNCCN)NC(C)(C)C(=O)CC(NC(C)CC)C(=O)NCCNCCN)C(C)(CC)NCCCOCCCOC. The number of methoxy groups -OCH3 is 1. The number of ether oxygens (including phenoxy) is 2. The zero-order chi connectivity index (χ0) is 37.1. The lowest BCUT2D eigenvalue weighted by Gasteiger charge is -2.40. The Morgan fingerprint density at radius 1 is 0.796 bits per heavy atom. The van der Waals surface area contributed by atoms with Gasteiger partial charge in [-0.25, -0.2) is 0 Å². The van der Waals surface area contributed by atoms with Crippen LogP contribution in [-0.2, 0) is 23.9 Å². The first-order chi connectivity index (χ1) is 23.3. The minimum atomic E-state index is -1.07. The van der Waals surface area contributed by atoms with Crippen molar-refractivity contribution in [3.63, 3.8) is 0 Å². The van der Waals surface area contributed by atoms with Gasteiger partial charge in [-0.1, -0.05) is 20.4 Å². The minimum absolute atomic E-state index is 0.0156. The van der Waals surface area contributed by atoms with Gasteiger partial charge in [-0.2, -0.15) is 0 Å². The first-order valence-electron chi connectivity index (χ1n) is 18.3. The van der Waals surface area contributed by atoms with Crippen molar-refractivity contribution in [2.75, 3.05) is 85.8 Å². The van der Waals surface area contributed by atoms with E-state index in [9.17, 15) is 14.4 Å². The Bertz CT molecular complexity index is 924. The zero-order valence-corrected chi connectivity index (χ0v) is 31.9. The van der Waals surface area contributed by atoms with Gasteiger partial charge in [0, 0.05) is 110 Å². The van der Waals surface area contributed by atoms with Crippen LogP contribution in [0, 0.1) is 0 Å². The van der Waals surface area contributed by atoms with Gasteiger partial charge in [-0.3, -0.25) is 19.7 Å². The smallest absolute Gasteiger partial charge is 0.237 e. The molecular weight excluding hydrogens is 626 g/mol. The second-order valence-corrected chi connectivity index (χ2v) is 13.4. The minimum Gasteiger partial charge on any atom is -0.385 e. The van der Waals surface area contributed by atoms with Crippen molar-refractivity contribution in [1.29, 1.82) is 0 Å². The predicted octanol–water partition coefficient (Wildman–Crippen LogP) is -0.0841. The number of hydrogen-bond donors (Lipinski definition) is 9. The molecule has 0 radical (unpaired) electrons. The summed E-state index contributed by atoms with van der Waals surface area (Å²) in [6.07, 6.45) is 3.27. The highest BCUT2D eigenvalue weighted by atomic mass is 16.5. The maximum atomic E-state index is 13.9. The molecule has 0 aliphatic carbocycles. The highest BCUT2D eigenvalue weighted by Crippen LogP contribution is 2.26. The zero-order valence-electron chi connectivity index (χ0n) is 31.9. The summed E-state index contributed by atoms with van der Waals surface area (Å²) in [5.41, 5.74) is 10.3. The topological polar surface area (TPSA) is 206 Å². The van der Waals surface area contributed by atoms with E-state index in [1.807, 2.05) is 13.8 Å². The summed E-state index contributed by atoms with van der Waals surface area (Å²) in [6.45, 7) is 23.3. The van der Waals surface area contributed by atoms with E-state index in [4.69, 9.17) is 20.9 Å². The molecule has 0 spiro atoms. The summed E-state index contributed by atoms with van der Waals surface area (Å²) in [5.74, 6) is -0.531. The first kappa shape index (κ1) is 47.0. The summed E-state index contributed by atoms with van der Waals surface area (Å²) in [5, 5.41) is 22.7. The molecule has 4 atom stereocenters. The van der Waals surface area contributed by atoms with Crippen LogP contribution in [0.15, 0.2) is 12.2 Å². The van der Waals surface area contributed by atoms with Crippen LogP contribution in [0.4, 0.5) is 0 Å². The number of Topliss-reactive ketones (excluding diaryl/α,β-unsaturated/α-hetero) is 1. The van der Waals surface area contributed by atoms with Gasteiger partial charge in [0.2, 0.25) is 11.8 Å². The Balaban J connectivity index is 5.82. The third-order valence-corrected chi connectivity index (χ3v) is 8.75. The molecule has 4 unspecified atom stereocenters. The molecule has 49 heavy (non-hydrogen) atoms. The molecule has 0 bridgehead atoms. The fourth-order valence-corrected chi connectivity index (χ4v) is 5.10. The highest BCUT2D eigenvalue weighted by Gasteiger charge is 2.38. The van der Waals surface area contributed by atoms with Crippen molar-refractivity contribution in [3.05, 3.63) is 12.2 Å². The molecule has 0 fully saturated rings. The van der Waals surface area contributed by atoms with Crippen LogP contribution in [0.1, 0.15) is 80.1 Å². The lowest BCUT2D eigenvalue weighted by atomic mass is 9.82. The van der Waals surface area contributed by atoms with E-state index in [1.165, 1.54) is 0 Å². The Morgan fingerprint density at radius 3 is 1.98 bits per heavy atom. The van der Waals surface area contributed by atoms with E-state index in [0.717, 1.165) is 31.3 Å². The molecule has 14 heteroatoms. The van der Waals surface area contributed by atoms with Gasteiger partial charge in [-0.05, 0) is 65.5 Å². The molecule has 0 aliphatic rings. The van der Waals surface area contributed by atoms with E-state index in [2.05, 4.69) is 57.6 Å². The number of nitrogens with two attached hydrogens (primary N) is 2. The molecule has 2 amide bonds. The third-order valence-electron chi connectivity index (χ3n) is 8.75. The molecule has 11 N–H and O–H groups in total. The molecule has 0 aromatic heterocycles. The second kappa shape index (κ2) is 27.7. The van der Waals surface area contributed by atoms with Crippen LogP contribution >= 0.6 is 0 Å². The number of carbonyl (C=O) groups is 3. The van der Waals surface area contributed by atoms with Gasteiger partial charge in [0.25, 0.3) is 0 Å². The molecular formula is C35H73N9O5. The van der Waals surface area contributed by atoms with Gasteiger partial charge in [0.05, 0.1) is 11.6 Å². The summed E-state index contributed by atoms with van der Waals surface area (Å²) in [7, 11) is 1.68. The summed E-state index contributed by atoms with van der Waals surface area (Å²) in [4.78, 5) is 40.4. The number of amides is 2. The Morgan fingerprint density at radius 2 is 1.41 bits per heavy atom. The Hall–Kier alpha value is -2.01. The van der Waals surface area contributed by atoms with Crippen molar-refractivity contribution in [2.24, 2.45) is 11.5 Å². The molecule has 0 heterocycles. The van der Waals surface area contributed by atoms with E-state index >= 15 is 0 Å². The Labute approximate surface area is 297 Å². The number of rotatable bonds is 33. The maximum absolute atomic E-state index is 13.9. The highest BCUT2D eigenvalue weighted by molar-refractivity contribution is 5.93. The number of ketones is 1. The van der Waals surface area contributed by atoms with Gasteiger partial charge in [0.15, 0.2) is 5.78 Å². The fraction of sp³-hybridized carbons (Fsp3) is 0.857. The van der Waals surface area contributed by atoms with E-state index < -0.39 is 23.2 Å². The van der Waals surface area contributed by atoms with Crippen molar-refractivity contribution in [2.45, 2.75) is 109 Å². The van der Waals surface area contributed by atoms with Gasteiger partial charge in [0.1, 0.15) is 0 Å². The predicted molar refractivity (Wildman–Crippen MR) is 200 cm³/mol. The number of hydrogen-bond acceptors (Lipinski definition) is 12. The van der Waals surface area contributed by atoms with E-state index in [-0.39, 0.29) is 36.5 Å². The molecule has 14 nitrogen and oxygen atoms in total. The lowest BCUT2D eigenvalue weighted by Crippen LogP contribution is -2.59. The average Bonchev–Trinajstić information content (AvgIpc) is 3.07. The molecule has 0 aliphatic heterocycles. The van der Waals surface area contributed by atoms with Crippen LogP contribution in [0.3, 0.4) is 0 Å². The molecule has 0 saturated heterocycles. The van der Waals surface area contributed by atoms with Crippen molar-refractivity contribution < 1.29 is 23.9 Å². The summed E-state index contributed by atoms with van der Waals surface area (Å²) in [6, 6.07) is -1.19. The number of carbonyl (C=O) groups excluding carboxylic acids is 3. The van der Waals surface area contributed by atoms with Crippen LogP contribution in [0.5, 0.6) is 0 Å². The van der Waals surface area contributed by atoms with Crippen LogP contribution < -0.4 is 48.7 Å². The normalized spacial score (nSPS) is 14.9. The standard InChI is InChI=1S/C35H73N9O5/c1-9-27(3)43-30(33(47)41-21-19-39-17-14-37)25-31(45)34(5,6)44-29(26-32(46)40-20-18-38-16-13-36)28(4)35(7,10-2)42-15-11-23-49-24-12-22-48-8/h27,29-30,38-39,42-44H,4,9-26,36-37H2,1-3,5-8H3,(H,40,46)(H,41,47). The molecule has 0 rings (SSSR count). The van der Waals surface area contributed by atoms with Gasteiger partial charge < -0.3 is 52.8 Å². The van der Waals surface area contributed by atoms with Crippen molar-refractivity contribution in [1.82, 2.24) is 37.2 Å². The first-order valence-corrected chi connectivity index (χ1v) is 18.3. The van der Waals surface area contributed by atoms with Crippen LogP contribution in [0.2, 0.25) is 0 Å². The lowest BCUT2D eigenvalue weighted by molar-refractivity contribution is -0.130. The van der Waals surface area contributed by atoms with Crippen LogP contribution in [-0.4, -0.2) is 133 Å². The average molecular weight is 700 g/mol. The number of nitrogens with one attached hydrogen (secondary N) is 7. The molecule has 0 aromatic carbocycles. The molecule has 0 aromatic rings. The molecule has 0 saturated carbocycles. The fourth-order valence-electron chi connectivity index (χ4n) is 5.10. The van der Waals surface area contributed by atoms with E-state index in [1.54, 1.807) is 21.0 Å². The third kappa shape index (κ3) is 21.1. The van der Waals surface area contributed by atoms with Gasteiger partial charge >= 0.3 is 0 Å². The Kier molecular flexibility index (Phi) is 26.5. The summed E-state index contributed by atoms with van der Waals surface area (Å²) < 4.78 is 10.8. The molecule has 288 valence electrons. The van der Waals surface area contributed by atoms with Crippen molar-refractivity contribution >= 4 is 17.6 Å². The second-order valence-electron chi connectivity index (χ2n) is 13.4. The van der Waals surface area contributed by atoms with E-state index in [0.29, 0.717) is 78.7 Å². The quantitative estimate of drug-likeness (QED) is 0.0326. The van der Waals surface area contributed by atoms with Gasteiger partial charge in [-0.15, -0.1) is 0 Å². The summed E-state index contributed by atoms with van der Waals surface area (Å²) >= 11 is 0.